The monoisotopic (exact) mass is 165 g/mol. The minimum absolute atomic E-state index is 0.352. The molecule has 3 N–H and O–H groups in total. The third kappa shape index (κ3) is 5.67. The molecule has 3 nitrogen and oxygen atoms in total. The Hall–Kier alpha value is -1.10. The van der Waals surface area contributed by atoms with E-state index in [4.69, 9.17) is 10.7 Å². The van der Waals surface area contributed by atoms with Gasteiger partial charge < -0.3 is 11.1 Å². The molecular formula is C9H15N3. The highest BCUT2D eigenvalue weighted by molar-refractivity contribution is 5.65. The van der Waals surface area contributed by atoms with Gasteiger partial charge in [-0.2, -0.15) is 5.26 Å². The van der Waals surface area contributed by atoms with Crippen LogP contribution in [0.15, 0.2) is 5.57 Å². The normalized spacial score (nSPS) is 8.67. The number of unbranched alkanes of at least 4 members (excludes halogenated alkanes) is 3. The minimum atomic E-state index is 0.352. The summed E-state index contributed by atoms with van der Waals surface area (Å²) >= 11 is 0. The number of rotatable bonds is 6. The standard InChI is InChI=1S/C9H14N3/c10-6-4-2-1-3-5-9(7-11)8-12/h1-6,10H2/q-1/p+1. The van der Waals surface area contributed by atoms with Crippen molar-refractivity contribution in [3.8, 4) is 6.07 Å². The molecule has 0 amide bonds. The van der Waals surface area contributed by atoms with Gasteiger partial charge in [-0.15, -0.1) is 0 Å². The Morgan fingerprint density at radius 3 is 2.42 bits per heavy atom. The zero-order chi connectivity index (χ0) is 9.23. The Kier molecular flexibility index (Phi) is 7.27. The highest BCUT2D eigenvalue weighted by atomic mass is 14.5. The number of nitriles is 1. The van der Waals surface area contributed by atoms with Crippen molar-refractivity contribution in [3.63, 3.8) is 0 Å². The van der Waals surface area contributed by atoms with Gasteiger partial charge >= 0.3 is 0 Å². The fraction of sp³-hybridized carbons (Fsp3) is 0.667. The summed E-state index contributed by atoms with van der Waals surface area (Å²) in [6.07, 6.45) is 5.01. The lowest BCUT2D eigenvalue weighted by Gasteiger charge is -1.97. The predicted octanol–water partition coefficient (Wildman–Crippen LogP) is 0.868. The van der Waals surface area contributed by atoms with Gasteiger partial charge in [0.05, 0.1) is 6.54 Å². The highest BCUT2D eigenvalue weighted by Crippen LogP contribution is 2.06. The molecular weight excluding hydrogens is 150 g/mol. The summed E-state index contributed by atoms with van der Waals surface area (Å²) in [4.78, 5) is 0. The van der Waals surface area contributed by atoms with E-state index in [1.54, 1.807) is 0 Å². The predicted molar refractivity (Wildman–Crippen MR) is 48.3 cm³/mol. The zero-order valence-corrected chi connectivity index (χ0v) is 7.34. The Labute approximate surface area is 73.4 Å². The van der Waals surface area contributed by atoms with Gasteiger partial charge in [-0.25, -0.2) is 0 Å². The van der Waals surface area contributed by atoms with E-state index in [2.05, 4.69) is 5.73 Å². The molecule has 0 aromatic rings. The summed E-state index contributed by atoms with van der Waals surface area (Å²) < 4.78 is 0. The SMILES string of the molecule is N#CC(=C=[N-])CCCCCC[NH3+]. The van der Waals surface area contributed by atoms with Crippen molar-refractivity contribution in [2.75, 3.05) is 6.54 Å². The second-order valence-electron chi connectivity index (χ2n) is 2.72. The lowest BCUT2D eigenvalue weighted by atomic mass is 10.1. The first-order valence-corrected chi connectivity index (χ1v) is 4.30. The van der Waals surface area contributed by atoms with Crippen LogP contribution in [0.3, 0.4) is 0 Å². The summed E-state index contributed by atoms with van der Waals surface area (Å²) in [7, 11) is 0. The molecule has 0 atom stereocenters. The zero-order valence-electron chi connectivity index (χ0n) is 7.34. The van der Waals surface area contributed by atoms with Gasteiger partial charge in [0.15, 0.2) is 0 Å². The second kappa shape index (κ2) is 8.00. The minimum Gasteiger partial charge on any atom is -0.762 e. The van der Waals surface area contributed by atoms with Gasteiger partial charge in [0.2, 0.25) is 0 Å². The molecule has 0 radical (unpaired) electrons. The molecule has 0 rings (SSSR count). The second-order valence-corrected chi connectivity index (χ2v) is 2.72. The maximum Gasteiger partial charge on any atom is 0.101 e. The van der Waals surface area contributed by atoms with Crippen LogP contribution in [0.2, 0.25) is 0 Å². The maximum atomic E-state index is 8.41. The van der Waals surface area contributed by atoms with Crippen LogP contribution in [0.4, 0.5) is 0 Å². The number of nitrogens with zero attached hydrogens (tertiary/aromatic N) is 2. The molecule has 0 aromatic carbocycles. The first-order chi connectivity index (χ1) is 5.85. The van der Waals surface area contributed by atoms with Crippen molar-refractivity contribution >= 4 is 5.87 Å². The molecule has 0 spiro atoms. The smallest absolute Gasteiger partial charge is 0.101 e. The van der Waals surface area contributed by atoms with Crippen molar-refractivity contribution < 1.29 is 5.73 Å². The Morgan fingerprint density at radius 1 is 1.25 bits per heavy atom. The van der Waals surface area contributed by atoms with E-state index in [-0.39, 0.29) is 0 Å². The Bertz CT molecular complexity index is 196. The summed E-state index contributed by atoms with van der Waals surface area (Å²) in [5, 5.41) is 16.8. The highest BCUT2D eigenvalue weighted by Gasteiger charge is 1.93. The molecule has 66 valence electrons. The van der Waals surface area contributed by atoms with Crippen LogP contribution in [-0.4, -0.2) is 12.4 Å². The van der Waals surface area contributed by atoms with Crippen molar-refractivity contribution in [1.82, 2.24) is 0 Å². The van der Waals surface area contributed by atoms with E-state index < -0.39 is 0 Å². The third-order valence-electron chi connectivity index (χ3n) is 1.70. The fourth-order valence-electron chi connectivity index (χ4n) is 0.969. The van der Waals surface area contributed by atoms with Gasteiger partial charge in [-0.1, -0.05) is 6.42 Å². The molecule has 0 aromatic heterocycles. The largest absolute Gasteiger partial charge is 0.762 e. The molecule has 0 heterocycles. The first-order valence-electron chi connectivity index (χ1n) is 4.30. The first kappa shape index (κ1) is 10.9. The third-order valence-corrected chi connectivity index (χ3v) is 1.70. The van der Waals surface area contributed by atoms with Crippen molar-refractivity contribution in [2.24, 2.45) is 0 Å². The molecule has 12 heavy (non-hydrogen) atoms. The summed E-state index contributed by atoms with van der Waals surface area (Å²) in [5.74, 6) is 1.89. The molecule has 0 bridgehead atoms. The van der Waals surface area contributed by atoms with Crippen LogP contribution in [0.5, 0.6) is 0 Å². The van der Waals surface area contributed by atoms with Gasteiger partial charge in [0, 0.05) is 5.57 Å². The van der Waals surface area contributed by atoms with E-state index in [0.717, 1.165) is 32.2 Å². The Morgan fingerprint density at radius 2 is 1.92 bits per heavy atom. The molecule has 0 saturated heterocycles. The quantitative estimate of drug-likeness (QED) is 0.354. The van der Waals surface area contributed by atoms with E-state index in [1.807, 2.05) is 11.9 Å². The van der Waals surface area contributed by atoms with Gasteiger partial charge in [-0.3, -0.25) is 5.87 Å². The molecule has 0 unspecified atom stereocenters. The average molecular weight is 165 g/mol. The van der Waals surface area contributed by atoms with Gasteiger partial charge in [0.1, 0.15) is 6.07 Å². The summed E-state index contributed by atoms with van der Waals surface area (Å²) in [6.45, 7) is 0.979. The van der Waals surface area contributed by atoms with E-state index in [9.17, 15) is 0 Å². The topological polar surface area (TPSA) is 73.7 Å². The van der Waals surface area contributed by atoms with E-state index in [1.165, 1.54) is 0 Å². The van der Waals surface area contributed by atoms with Crippen LogP contribution in [-0.2, 0) is 0 Å². The number of allylic oxidation sites excluding steroid dienone is 1. The number of hydrogen-bond donors (Lipinski definition) is 1. The van der Waals surface area contributed by atoms with Crippen molar-refractivity contribution in [2.45, 2.75) is 32.1 Å². The van der Waals surface area contributed by atoms with E-state index in [0.29, 0.717) is 12.0 Å². The summed E-state index contributed by atoms with van der Waals surface area (Å²) in [6, 6.07) is 1.89. The van der Waals surface area contributed by atoms with Crippen LogP contribution >= 0.6 is 0 Å². The fourth-order valence-corrected chi connectivity index (χ4v) is 0.969. The van der Waals surface area contributed by atoms with Crippen LogP contribution in [0, 0.1) is 11.3 Å². The number of hydrogen-bond acceptors (Lipinski definition) is 1. The Balaban J connectivity index is 3.32. The molecule has 0 aliphatic rings. The van der Waals surface area contributed by atoms with Gasteiger partial charge in [-0.05, 0) is 25.7 Å². The average Bonchev–Trinajstić information content (AvgIpc) is 2.11. The molecule has 0 fully saturated rings. The molecule has 3 heteroatoms. The van der Waals surface area contributed by atoms with Crippen LogP contribution in [0.1, 0.15) is 32.1 Å². The number of quaternary nitrogens is 1. The molecule has 0 saturated carbocycles. The van der Waals surface area contributed by atoms with Crippen LogP contribution in [0.25, 0.3) is 5.41 Å². The van der Waals surface area contributed by atoms with Crippen molar-refractivity contribution in [1.29, 1.82) is 5.26 Å². The van der Waals surface area contributed by atoms with Gasteiger partial charge in [0.25, 0.3) is 0 Å². The van der Waals surface area contributed by atoms with Crippen molar-refractivity contribution in [3.05, 3.63) is 11.0 Å². The molecule has 0 aliphatic heterocycles. The maximum absolute atomic E-state index is 8.41. The van der Waals surface area contributed by atoms with E-state index >= 15 is 0 Å². The molecule has 0 aliphatic carbocycles. The summed E-state index contributed by atoms with van der Waals surface area (Å²) in [5.41, 5.74) is 4.09. The lowest BCUT2D eigenvalue weighted by Crippen LogP contribution is -2.50. The van der Waals surface area contributed by atoms with Crippen LogP contribution < -0.4 is 5.73 Å². The lowest BCUT2D eigenvalue weighted by molar-refractivity contribution is -0.368.